The fraction of sp³-hybridized carbons (Fsp3) is 0.733. The second-order valence-electron chi connectivity index (χ2n) is 5.88. The van der Waals surface area contributed by atoms with E-state index in [0.29, 0.717) is 5.92 Å². The monoisotopic (exact) mass is 262 g/mol. The molecule has 18 heavy (non-hydrogen) atoms. The van der Waals surface area contributed by atoms with Gasteiger partial charge in [-0.25, -0.2) is 4.98 Å². The first-order valence-electron chi connectivity index (χ1n) is 7.40. The van der Waals surface area contributed by atoms with Crippen molar-refractivity contribution in [3.05, 3.63) is 21.7 Å². The first-order chi connectivity index (χ1) is 8.78. The van der Waals surface area contributed by atoms with Gasteiger partial charge in [0.25, 0.3) is 0 Å². The molecular formula is C15H22N2S. The summed E-state index contributed by atoms with van der Waals surface area (Å²) in [6.07, 6.45) is 10.1. The van der Waals surface area contributed by atoms with Crippen LogP contribution in [0, 0.1) is 10.6 Å². The minimum absolute atomic E-state index is 0.629. The first kappa shape index (κ1) is 12.3. The van der Waals surface area contributed by atoms with E-state index in [1.54, 1.807) is 0 Å². The Balaban J connectivity index is 1.89. The van der Waals surface area contributed by atoms with Crippen molar-refractivity contribution in [2.45, 2.75) is 64.2 Å². The molecule has 1 N–H and O–H groups in total. The summed E-state index contributed by atoms with van der Waals surface area (Å²) < 4.78 is 0.874. The molecule has 1 heterocycles. The number of hydrogen-bond donors (Lipinski definition) is 1. The molecule has 0 radical (unpaired) electrons. The van der Waals surface area contributed by atoms with Gasteiger partial charge in [-0.3, -0.25) is 0 Å². The van der Waals surface area contributed by atoms with Crippen LogP contribution in [-0.2, 0) is 12.8 Å². The van der Waals surface area contributed by atoms with E-state index in [9.17, 15) is 0 Å². The summed E-state index contributed by atoms with van der Waals surface area (Å²) in [5.74, 6) is 2.70. The summed E-state index contributed by atoms with van der Waals surface area (Å²) in [6.45, 7) is 2.30. The summed E-state index contributed by atoms with van der Waals surface area (Å²) in [6, 6.07) is 0. The Morgan fingerprint density at radius 1 is 1.28 bits per heavy atom. The molecule has 1 aromatic rings. The van der Waals surface area contributed by atoms with Gasteiger partial charge >= 0.3 is 0 Å². The van der Waals surface area contributed by atoms with Crippen molar-refractivity contribution >= 4 is 12.2 Å². The van der Waals surface area contributed by atoms with Crippen LogP contribution in [0.4, 0.5) is 0 Å². The maximum atomic E-state index is 5.49. The molecule has 0 bridgehead atoms. The lowest BCUT2D eigenvalue weighted by Gasteiger charge is -2.18. The van der Waals surface area contributed by atoms with Gasteiger partial charge in [-0.1, -0.05) is 25.6 Å². The van der Waals surface area contributed by atoms with Gasteiger partial charge in [-0.15, -0.1) is 0 Å². The van der Waals surface area contributed by atoms with E-state index in [-0.39, 0.29) is 0 Å². The highest BCUT2D eigenvalue weighted by Gasteiger charge is 2.27. The van der Waals surface area contributed by atoms with E-state index in [2.05, 4.69) is 11.9 Å². The molecule has 2 nitrogen and oxygen atoms in total. The summed E-state index contributed by atoms with van der Waals surface area (Å²) in [4.78, 5) is 8.31. The zero-order valence-electron chi connectivity index (χ0n) is 11.2. The van der Waals surface area contributed by atoms with Gasteiger partial charge < -0.3 is 4.98 Å². The fourth-order valence-corrected chi connectivity index (χ4v) is 3.85. The quantitative estimate of drug-likeness (QED) is 0.804. The number of rotatable bonds is 2. The summed E-state index contributed by atoms with van der Waals surface area (Å²) in [7, 11) is 0. The van der Waals surface area contributed by atoms with Crippen molar-refractivity contribution in [2.75, 3.05) is 0 Å². The minimum atomic E-state index is 0.629. The molecule has 0 aromatic carbocycles. The normalized spacial score (nSPS) is 27.2. The largest absolute Gasteiger partial charge is 0.347 e. The number of fused-ring (bicyclic) bond motifs is 1. The molecule has 0 spiro atoms. The second kappa shape index (κ2) is 5.12. The number of aromatic amines is 1. The van der Waals surface area contributed by atoms with E-state index in [4.69, 9.17) is 17.2 Å². The van der Waals surface area contributed by atoms with E-state index in [0.717, 1.165) is 17.0 Å². The standard InChI is InChI=1S/C15H22N2S/c1-2-10-7-8-11(9-10)14-16-13-6-4-3-5-12(13)15(18)17-14/h10-11H,2-9H2,1H3,(H,16,17,18). The van der Waals surface area contributed by atoms with Crippen LogP contribution >= 0.6 is 12.2 Å². The highest BCUT2D eigenvalue weighted by atomic mass is 32.1. The number of nitrogens with zero attached hydrogens (tertiary/aromatic N) is 1. The Morgan fingerprint density at radius 2 is 2.11 bits per heavy atom. The van der Waals surface area contributed by atoms with Crippen LogP contribution < -0.4 is 0 Å². The van der Waals surface area contributed by atoms with Crippen LogP contribution in [-0.4, -0.2) is 9.97 Å². The molecular weight excluding hydrogens is 240 g/mol. The predicted octanol–water partition coefficient (Wildman–Crippen LogP) is 4.31. The molecule has 2 aliphatic rings. The number of H-pyrrole nitrogens is 1. The van der Waals surface area contributed by atoms with Crippen LogP contribution in [0.5, 0.6) is 0 Å². The summed E-state index contributed by atoms with van der Waals surface area (Å²) >= 11 is 5.49. The number of hydrogen-bond acceptors (Lipinski definition) is 2. The lowest BCUT2D eigenvalue weighted by molar-refractivity contribution is 0.515. The Bertz CT molecular complexity index is 492. The molecule has 2 aliphatic carbocycles. The first-order valence-corrected chi connectivity index (χ1v) is 7.80. The topological polar surface area (TPSA) is 28.7 Å². The van der Waals surface area contributed by atoms with Crippen LogP contribution in [0.1, 0.15) is 68.4 Å². The van der Waals surface area contributed by atoms with Gasteiger partial charge in [-0.2, -0.15) is 0 Å². The summed E-state index contributed by atoms with van der Waals surface area (Å²) in [5.41, 5.74) is 2.71. The average Bonchev–Trinajstić information content (AvgIpc) is 2.87. The Hall–Kier alpha value is -0.700. The van der Waals surface area contributed by atoms with Gasteiger partial charge in [0.1, 0.15) is 10.5 Å². The molecule has 1 aromatic heterocycles. The Kier molecular flexibility index (Phi) is 3.51. The van der Waals surface area contributed by atoms with Gasteiger partial charge in [0.2, 0.25) is 0 Å². The zero-order valence-corrected chi connectivity index (χ0v) is 12.0. The van der Waals surface area contributed by atoms with Crippen LogP contribution in [0.25, 0.3) is 0 Å². The van der Waals surface area contributed by atoms with E-state index >= 15 is 0 Å². The number of aromatic nitrogens is 2. The van der Waals surface area contributed by atoms with Crippen LogP contribution in [0.15, 0.2) is 0 Å². The Labute approximate surface area is 114 Å². The SMILES string of the molecule is CCC1CCC(c2nc(=S)c3c([nH]2)CCCC3)C1. The number of aryl methyl sites for hydroxylation is 1. The van der Waals surface area contributed by atoms with Gasteiger partial charge in [0, 0.05) is 17.2 Å². The second-order valence-corrected chi connectivity index (χ2v) is 6.26. The van der Waals surface area contributed by atoms with Gasteiger partial charge in [-0.05, 0) is 50.9 Å². The van der Waals surface area contributed by atoms with Gasteiger partial charge in [0.05, 0.1) is 0 Å². The molecule has 3 heteroatoms. The van der Waals surface area contributed by atoms with E-state index < -0.39 is 0 Å². The fourth-order valence-electron chi connectivity index (χ4n) is 3.53. The lowest BCUT2D eigenvalue weighted by atomic mass is 9.96. The minimum Gasteiger partial charge on any atom is -0.347 e. The molecule has 1 fully saturated rings. The zero-order chi connectivity index (χ0) is 12.5. The van der Waals surface area contributed by atoms with Crippen molar-refractivity contribution in [2.24, 2.45) is 5.92 Å². The average molecular weight is 262 g/mol. The molecule has 3 rings (SSSR count). The predicted molar refractivity (Wildman–Crippen MR) is 76.4 cm³/mol. The van der Waals surface area contributed by atoms with Gasteiger partial charge in [0.15, 0.2) is 0 Å². The van der Waals surface area contributed by atoms with Crippen molar-refractivity contribution in [3.8, 4) is 0 Å². The van der Waals surface area contributed by atoms with Crippen molar-refractivity contribution in [1.82, 2.24) is 9.97 Å². The smallest absolute Gasteiger partial charge is 0.133 e. The van der Waals surface area contributed by atoms with Crippen LogP contribution in [0.2, 0.25) is 0 Å². The maximum absolute atomic E-state index is 5.49. The Morgan fingerprint density at radius 3 is 2.89 bits per heavy atom. The van der Waals surface area contributed by atoms with Crippen molar-refractivity contribution < 1.29 is 0 Å². The number of nitrogens with one attached hydrogen (secondary N) is 1. The molecule has 2 atom stereocenters. The van der Waals surface area contributed by atoms with Crippen LogP contribution in [0.3, 0.4) is 0 Å². The van der Waals surface area contributed by atoms with E-state index in [1.807, 2.05) is 0 Å². The third-order valence-corrected chi connectivity index (χ3v) is 5.07. The third kappa shape index (κ3) is 2.25. The lowest BCUT2D eigenvalue weighted by Crippen LogP contribution is -2.12. The molecule has 0 saturated heterocycles. The molecule has 1 saturated carbocycles. The third-order valence-electron chi connectivity index (χ3n) is 4.73. The molecule has 0 aliphatic heterocycles. The molecule has 2 unspecified atom stereocenters. The summed E-state index contributed by atoms with van der Waals surface area (Å²) in [5, 5.41) is 0. The van der Waals surface area contributed by atoms with Crippen molar-refractivity contribution in [3.63, 3.8) is 0 Å². The molecule has 98 valence electrons. The van der Waals surface area contributed by atoms with E-state index in [1.165, 1.54) is 62.0 Å². The maximum Gasteiger partial charge on any atom is 0.133 e. The highest BCUT2D eigenvalue weighted by molar-refractivity contribution is 7.71. The molecule has 0 amide bonds. The van der Waals surface area contributed by atoms with Crippen molar-refractivity contribution in [1.29, 1.82) is 0 Å². The highest BCUT2D eigenvalue weighted by Crippen LogP contribution is 2.38.